The molecule has 0 heterocycles. The SMILES string of the molecule is CC(=O)Oc1ccc([S+](c2ccccc2)c2ccccc2)cc1.CC(C)(C)OC(=O)COc1ccc([S+](c2ccccc2)c2ccccc2)cc1.CCCC[S+](CCCC)c1cccc2ccccc12.C[S+](C)c1cccc2ccccc12.Oc1ccc([S+](c2ccccc2)c2ccccc2)cc1. The minimum atomic E-state index is -0.510. The molecule has 0 fully saturated rings. The summed E-state index contributed by atoms with van der Waals surface area (Å²) in [6, 6.07) is 117. The predicted molar refractivity (Wildman–Crippen MR) is 439 cm³/mol. The molecule has 11 heteroatoms. The van der Waals surface area contributed by atoms with Crippen LogP contribution in [0.2, 0.25) is 0 Å². The van der Waals surface area contributed by atoms with Crippen LogP contribution in [-0.4, -0.2) is 53.3 Å². The number of aromatic hydroxyl groups is 1. The predicted octanol–water partition coefficient (Wildman–Crippen LogP) is 23.2. The lowest BCUT2D eigenvalue weighted by atomic mass is 10.1. The third-order valence-corrected chi connectivity index (χ3v) is 26.3. The fourth-order valence-corrected chi connectivity index (χ4v) is 21.0. The van der Waals surface area contributed by atoms with E-state index in [1.54, 1.807) is 17.0 Å². The molecule has 13 aromatic carbocycles. The van der Waals surface area contributed by atoms with Crippen molar-refractivity contribution in [2.45, 2.75) is 127 Å². The zero-order chi connectivity index (χ0) is 72.6. The van der Waals surface area contributed by atoms with Crippen LogP contribution in [0.5, 0.6) is 17.2 Å². The number of hydrogen-bond donors (Lipinski definition) is 1. The number of rotatable bonds is 21. The van der Waals surface area contributed by atoms with Crippen molar-refractivity contribution >= 4 is 88.0 Å². The van der Waals surface area contributed by atoms with Gasteiger partial charge in [-0.1, -0.05) is 197 Å². The number of esters is 2. The van der Waals surface area contributed by atoms with E-state index in [2.05, 4.69) is 269 Å². The van der Waals surface area contributed by atoms with Gasteiger partial charge in [-0.15, -0.1) is 0 Å². The lowest BCUT2D eigenvalue weighted by Crippen LogP contribution is -2.27. The minimum Gasteiger partial charge on any atom is -0.508 e. The smallest absolute Gasteiger partial charge is 0.344 e. The molecule has 0 amide bonds. The molecule has 0 aliphatic carbocycles. The number of carbonyl (C=O) groups is 2. The maximum atomic E-state index is 11.8. The van der Waals surface area contributed by atoms with Crippen molar-refractivity contribution in [1.29, 1.82) is 0 Å². The zero-order valence-corrected chi connectivity index (χ0v) is 64.4. The van der Waals surface area contributed by atoms with Gasteiger partial charge in [-0.2, -0.15) is 0 Å². The van der Waals surface area contributed by atoms with Gasteiger partial charge in [0.1, 0.15) is 46.9 Å². The second kappa shape index (κ2) is 41.1. The Labute approximate surface area is 626 Å². The van der Waals surface area contributed by atoms with Crippen LogP contribution in [0.3, 0.4) is 0 Å². The van der Waals surface area contributed by atoms with E-state index in [4.69, 9.17) is 14.2 Å². The molecular weight excluding hydrogens is 1360 g/mol. The fraction of sp³-hybridized carbons (Fsp3) is 0.174. The van der Waals surface area contributed by atoms with Crippen molar-refractivity contribution in [3.63, 3.8) is 0 Å². The molecular formula is C92H95O6S5+5. The first-order chi connectivity index (χ1) is 50.2. The molecule has 0 radical (unpaired) electrons. The van der Waals surface area contributed by atoms with E-state index in [0.29, 0.717) is 39.0 Å². The van der Waals surface area contributed by atoms with Crippen LogP contribution in [0.25, 0.3) is 21.5 Å². The second-order valence-electron chi connectivity index (χ2n) is 25.1. The molecule has 0 saturated heterocycles. The number of carbonyl (C=O) groups excluding carboxylic acids is 2. The molecule has 6 nitrogen and oxygen atoms in total. The van der Waals surface area contributed by atoms with E-state index in [1.807, 2.05) is 106 Å². The average Bonchev–Trinajstić information content (AvgIpc) is 0.862. The lowest BCUT2D eigenvalue weighted by molar-refractivity contribution is -0.157. The Balaban J connectivity index is 0.000000152. The average molecular weight is 1460 g/mol. The van der Waals surface area contributed by atoms with E-state index in [1.165, 1.54) is 115 Å². The van der Waals surface area contributed by atoms with Crippen LogP contribution in [-0.2, 0) is 68.8 Å². The molecule has 0 aliphatic heterocycles. The molecule has 0 unspecified atom stereocenters. The largest absolute Gasteiger partial charge is 0.508 e. The molecule has 0 aromatic heterocycles. The monoisotopic (exact) mass is 1460 g/mol. The van der Waals surface area contributed by atoms with Crippen molar-refractivity contribution in [3.8, 4) is 17.2 Å². The van der Waals surface area contributed by atoms with Gasteiger partial charge in [0.05, 0.1) is 32.7 Å². The number of phenolic OH excluding ortho intramolecular Hbond substituents is 1. The molecule has 0 saturated carbocycles. The van der Waals surface area contributed by atoms with Crippen molar-refractivity contribution in [3.05, 3.63) is 340 Å². The Bertz CT molecular complexity index is 4470. The van der Waals surface area contributed by atoms with Gasteiger partial charge in [-0.3, -0.25) is 4.79 Å². The molecule has 0 aliphatic rings. The van der Waals surface area contributed by atoms with Crippen molar-refractivity contribution in [1.82, 2.24) is 0 Å². The van der Waals surface area contributed by atoms with Crippen LogP contribution < -0.4 is 9.47 Å². The zero-order valence-electron chi connectivity index (χ0n) is 60.3. The summed E-state index contributed by atoms with van der Waals surface area (Å²) in [5, 5.41) is 15.1. The van der Waals surface area contributed by atoms with Gasteiger partial charge in [0.15, 0.2) is 60.5 Å². The fourth-order valence-electron chi connectivity index (χ4n) is 11.1. The normalized spacial score (nSPS) is 11.0. The van der Waals surface area contributed by atoms with Gasteiger partial charge < -0.3 is 19.3 Å². The number of phenols is 1. The number of fused-ring (bicyclic) bond motifs is 2. The highest BCUT2D eigenvalue weighted by Crippen LogP contribution is 2.36. The molecule has 0 atom stereocenters. The first-order valence-corrected chi connectivity index (χ1v) is 42.2. The molecule has 13 aromatic rings. The molecule has 0 bridgehead atoms. The van der Waals surface area contributed by atoms with E-state index >= 15 is 0 Å². The van der Waals surface area contributed by atoms with E-state index in [-0.39, 0.29) is 51.2 Å². The quantitative estimate of drug-likeness (QED) is 0.0439. The highest BCUT2D eigenvalue weighted by atomic mass is 32.2. The topological polar surface area (TPSA) is 82.1 Å². The van der Waals surface area contributed by atoms with Crippen molar-refractivity contribution < 1.29 is 28.9 Å². The summed E-state index contributed by atoms with van der Waals surface area (Å²) >= 11 is 0. The highest BCUT2D eigenvalue weighted by molar-refractivity contribution is 7.98. The van der Waals surface area contributed by atoms with Crippen LogP contribution in [0.15, 0.2) is 394 Å². The Hall–Kier alpha value is -9.33. The Morgan fingerprint density at radius 2 is 0.660 bits per heavy atom. The summed E-state index contributed by atoms with van der Waals surface area (Å²) in [4.78, 5) is 37.2. The Morgan fingerprint density at radius 1 is 0.359 bits per heavy atom. The second-order valence-corrected chi connectivity index (χ2v) is 35.5. The lowest BCUT2D eigenvalue weighted by Gasteiger charge is -2.19. The van der Waals surface area contributed by atoms with Crippen molar-refractivity contribution in [2.75, 3.05) is 30.6 Å². The van der Waals surface area contributed by atoms with Crippen LogP contribution >= 0.6 is 0 Å². The van der Waals surface area contributed by atoms with E-state index < -0.39 is 5.60 Å². The van der Waals surface area contributed by atoms with Gasteiger partial charge in [0.2, 0.25) is 0 Å². The van der Waals surface area contributed by atoms with Crippen LogP contribution in [0, 0.1) is 0 Å². The summed E-state index contributed by atoms with van der Waals surface area (Å²) < 4.78 is 16.0. The summed E-state index contributed by atoms with van der Waals surface area (Å²) in [7, 11) is 0.278. The maximum Gasteiger partial charge on any atom is 0.344 e. The molecule has 1 N–H and O–H groups in total. The third kappa shape index (κ3) is 24.4. The molecule has 0 spiro atoms. The molecule has 524 valence electrons. The summed E-state index contributed by atoms with van der Waals surface area (Å²) in [6.45, 7) is 11.4. The number of unbranched alkanes of at least 4 members (excludes halogenated alkanes) is 2. The Kier molecular flexibility index (Phi) is 31.0. The summed E-state index contributed by atoms with van der Waals surface area (Å²) in [6.07, 6.45) is 9.86. The molecule has 103 heavy (non-hydrogen) atoms. The minimum absolute atomic E-state index is 0.0975. The third-order valence-electron chi connectivity index (χ3n) is 15.8. The summed E-state index contributed by atoms with van der Waals surface area (Å²) in [5.74, 6) is 3.59. The van der Waals surface area contributed by atoms with Gasteiger partial charge in [-0.25, -0.2) is 4.79 Å². The maximum absolute atomic E-state index is 11.8. The van der Waals surface area contributed by atoms with Crippen LogP contribution in [0.1, 0.15) is 67.2 Å². The number of ether oxygens (including phenoxy) is 3. The van der Waals surface area contributed by atoms with E-state index in [0.717, 1.165) is 0 Å². The standard InChI is InChI=1S/C24H25O3S.C20H17O2S.C18H14OS.C18H25S.C12H13S/c1-24(2,3)27-23(25)18-26-19-14-16-22(17-15-19)28(20-10-6-4-7-11-20)21-12-8-5-9-13-21;1-16(21)22-17-12-14-20(15-13-17)23(18-8-4-2-5-9-18)19-10-6-3-7-11-19;19-15-11-13-18(14-12-15)20(16-7-3-1-4-8-16)17-9-5-2-6-10-17;1-3-5-14-19(15-6-4-2)18-13-9-11-16-10-7-8-12-17(16)18;1-13(2)12-9-5-7-10-6-3-4-8-11(10)12/h4-17H,18H2,1-3H3;2-15H,1H3;1-14H;7-13H,3-6,14-15H2,1-2H3;3-9H,1-2H3/q2*+1;;2*+1/p+1. The molecule has 13 rings (SSSR count). The van der Waals surface area contributed by atoms with Crippen molar-refractivity contribution in [2.24, 2.45) is 0 Å². The first kappa shape index (κ1) is 77.8. The highest BCUT2D eigenvalue weighted by Gasteiger charge is 2.31. The van der Waals surface area contributed by atoms with Crippen LogP contribution in [0.4, 0.5) is 0 Å². The first-order valence-electron chi connectivity index (χ1n) is 34.9. The van der Waals surface area contributed by atoms with E-state index in [9.17, 15) is 14.7 Å². The number of hydrogen-bond acceptors (Lipinski definition) is 6. The van der Waals surface area contributed by atoms with Gasteiger partial charge in [0, 0.05) is 39.5 Å². The van der Waals surface area contributed by atoms with Gasteiger partial charge in [0.25, 0.3) is 0 Å². The van der Waals surface area contributed by atoms with Gasteiger partial charge >= 0.3 is 11.9 Å². The Morgan fingerprint density at radius 3 is 1.00 bits per heavy atom. The number of benzene rings is 13. The van der Waals surface area contributed by atoms with Gasteiger partial charge in [-0.05, 0) is 214 Å². The summed E-state index contributed by atoms with van der Waals surface area (Å²) in [5.41, 5.74) is -0.510.